The van der Waals surface area contributed by atoms with Gasteiger partial charge in [0.05, 0.1) is 25.4 Å². The zero-order chi connectivity index (χ0) is 13.9. The second kappa shape index (κ2) is 5.81. The lowest BCUT2D eigenvalue weighted by Crippen LogP contribution is -2.49. The van der Waals surface area contributed by atoms with Crippen LogP contribution in [0.2, 0.25) is 0 Å². The molecule has 1 unspecified atom stereocenters. The molecular formula is C14H17N3O3. The Balaban J connectivity index is 1.73. The largest absolute Gasteiger partial charge is 0.373 e. The summed E-state index contributed by atoms with van der Waals surface area (Å²) in [6.45, 7) is 3.08. The van der Waals surface area contributed by atoms with Crippen LogP contribution in [-0.2, 0) is 20.8 Å². The third-order valence-electron chi connectivity index (χ3n) is 3.92. The molecule has 2 aliphatic heterocycles. The Morgan fingerprint density at radius 1 is 1.40 bits per heavy atom. The Bertz CT molecular complexity index is 504. The van der Waals surface area contributed by atoms with Crippen LogP contribution in [0.4, 0.5) is 0 Å². The normalized spacial score (nSPS) is 35.5. The molecule has 2 saturated heterocycles. The summed E-state index contributed by atoms with van der Waals surface area (Å²) in [6.07, 6.45) is -0.642. The molecule has 0 aliphatic carbocycles. The molecule has 0 radical (unpaired) electrons. The maximum atomic E-state index is 8.73. The lowest BCUT2D eigenvalue weighted by molar-refractivity contribution is -0.170. The number of benzene rings is 1. The van der Waals surface area contributed by atoms with Crippen molar-refractivity contribution < 1.29 is 14.2 Å². The van der Waals surface area contributed by atoms with Crippen molar-refractivity contribution >= 4 is 0 Å². The number of hydrogen-bond acceptors (Lipinski definition) is 4. The van der Waals surface area contributed by atoms with E-state index in [4.69, 9.17) is 19.7 Å². The second-order valence-corrected chi connectivity index (χ2v) is 5.19. The first-order chi connectivity index (χ1) is 9.79. The van der Waals surface area contributed by atoms with E-state index in [2.05, 4.69) is 10.0 Å². The molecule has 1 aromatic carbocycles. The first-order valence-corrected chi connectivity index (χ1v) is 6.76. The van der Waals surface area contributed by atoms with E-state index in [1.807, 2.05) is 37.3 Å². The van der Waals surface area contributed by atoms with E-state index >= 15 is 0 Å². The van der Waals surface area contributed by atoms with E-state index in [1.54, 1.807) is 0 Å². The van der Waals surface area contributed by atoms with E-state index in [-0.39, 0.29) is 18.1 Å². The van der Waals surface area contributed by atoms with Crippen LogP contribution in [-0.4, -0.2) is 31.1 Å². The first-order valence-electron chi connectivity index (χ1n) is 6.76. The minimum Gasteiger partial charge on any atom is -0.373 e. The topological polar surface area (TPSA) is 76.5 Å². The number of hydrogen-bond donors (Lipinski definition) is 0. The molecule has 0 amide bonds. The highest BCUT2D eigenvalue weighted by atomic mass is 16.7. The Hall–Kier alpha value is -1.59. The molecule has 6 heteroatoms. The minimum atomic E-state index is -0.479. The van der Waals surface area contributed by atoms with Gasteiger partial charge < -0.3 is 14.2 Å². The van der Waals surface area contributed by atoms with Gasteiger partial charge in [-0.15, -0.1) is 0 Å². The fraction of sp³-hybridized carbons (Fsp3) is 0.571. The molecule has 0 aromatic heterocycles. The molecule has 3 rings (SSSR count). The van der Waals surface area contributed by atoms with Gasteiger partial charge in [0.15, 0.2) is 6.29 Å². The standard InChI is InChI=1S/C14H17N3O3/c1-9-11-8-19-14(20-11)12(16-17-15)13(9)18-7-10-5-3-2-4-6-10/h2-6,9,11-14H,7-8H2,1H3/t9-,11-,12-,13+,14?/m1/s1. The van der Waals surface area contributed by atoms with Gasteiger partial charge in [0.2, 0.25) is 0 Å². The van der Waals surface area contributed by atoms with Crippen molar-refractivity contribution in [1.29, 1.82) is 0 Å². The average molecular weight is 275 g/mol. The van der Waals surface area contributed by atoms with Crippen molar-refractivity contribution in [2.45, 2.75) is 38.1 Å². The molecule has 2 heterocycles. The van der Waals surface area contributed by atoms with Crippen LogP contribution in [0.15, 0.2) is 35.4 Å². The van der Waals surface area contributed by atoms with Crippen molar-refractivity contribution in [3.8, 4) is 0 Å². The van der Waals surface area contributed by atoms with E-state index in [0.29, 0.717) is 13.2 Å². The van der Waals surface area contributed by atoms with E-state index in [0.717, 1.165) is 5.56 Å². The summed E-state index contributed by atoms with van der Waals surface area (Å²) < 4.78 is 17.2. The highest BCUT2D eigenvalue weighted by molar-refractivity contribution is 5.13. The smallest absolute Gasteiger partial charge is 0.169 e. The fourth-order valence-electron chi connectivity index (χ4n) is 2.77. The number of ether oxygens (including phenoxy) is 3. The van der Waals surface area contributed by atoms with Crippen molar-refractivity contribution in [1.82, 2.24) is 0 Å². The van der Waals surface area contributed by atoms with Crippen LogP contribution in [0, 0.1) is 5.92 Å². The number of nitrogens with zero attached hydrogens (tertiary/aromatic N) is 3. The second-order valence-electron chi connectivity index (χ2n) is 5.19. The highest BCUT2D eigenvalue weighted by Gasteiger charge is 2.49. The van der Waals surface area contributed by atoms with Crippen molar-refractivity contribution in [2.24, 2.45) is 11.0 Å². The van der Waals surface area contributed by atoms with E-state index in [1.165, 1.54) is 0 Å². The predicted octanol–water partition coefficient (Wildman–Crippen LogP) is 2.64. The van der Waals surface area contributed by atoms with Crippen LogP contribution in [0.3, 0.4) is 0 Å². The summed E-state index contributed by atoms with van der Waals surface area (Å²) in [5, 5.41) is 3.81. The van der Waals surface area contributed by atoms with E-state index < -0.39 is 12.3 Å². The quantitative estimate of drug-likeness (QED) is 0.481. The molecule has 0 saturated carbocycles. The van der Waals surface area contributed by atoms with Crippen LogP contribution < -0.4 is 0 Å². The molecule has 0 spiro atoms. The molecule has 1 aromatic rings. The molecule has 6 nitrogen and oxygen atoms in total. The molecule has 0 N–H and O–H groups in total. The van der Waals surface area contributed by atoms with Gasteiger partial charge in [-0.3, -0.25) is 0 Å². The molecule has 2 fully saturated rings. The maximum Gasteiger partial charge on any atom is 0.169 e. The highest BCUT2D eigenvalue weighted by Crippen LogP contribution is 2.36. The van der Waals surface area contributed by atoms with E-state index in [9.17, 15) is 0 Å². The summed E-state index contributed by atoms with van der Waals surface area (Å²) >= 11 is 0. The molecule has 5 atom stereocenters. The van der Waals surface area contributed by atoms with Gasteiger partial charge in [0.25, 0.3) is 0 Å². The van der Waals surface area contributed by atoms with Gasteiger partial charge in [-0.1, -0.05) is 42.4 Å². The van der Waals surface area contributed by atoms with Crippen LogP contribution in [0.5, 0.6) is 0 Å². The van der Waals surface area contributed by atoms with Crippen LogP contribution in [0.1, 0.15) is 12.5 Å². The lowest BCUT2D eigenvalue weighted by Gasteiger charge is -2.37. The third-order valence-corrected chi connectivity index (χ3v) is 3.92. The van der Waals surface area contributed by atoms with Gasteiger partial charge in [-0.05, 0) is 11.1 Å². The van der Waals surface area contributed by atoms with Crippen molar-refractivity contribution in [2.75, 3.05) is 6.61 Å². The summed E-state index contributed by atoms with van der Waals surface area (Å²) in [5.74, 6) is 0.132. The van der Waals surface area contributed by atoms with Crippen molar-refractivity contribution in [3.05, 3.63) is 46.3 Å². The van der Waals surface area contributed by atoms with Gasteiger partial charge in [-0.2, -0.15) is 0 Å². The third kappa shape index (κ3) is 2.51. The van der Waals surface area contributed by atoms with Gasteiger partial charge in [0, 0.05) is 10.8 Å². The average Bonchev–Trinajstić information content (AvgIpc) is 2.92. The Morgan fingerprint density at radius 2 is 2.20 bits per heavy atom. The van der Waals surface area contributed by atoms with Crippen LogP contribution >= 0.6 is 0 Å². The Labute approximate surface area is 117 Å². The maximum absolute atomic E-state index is 8.73. The lowest BCUT2D eigenvalue weighted by atomic mass is 9.91. The molecule has 106 valence electrons. The summed E-state index contributed by atoms with van der Waals surface area (Å²) in [5.41, 5.74) is 9.82. The summed E-state index contributed by atoms with van der Waals surface area (Å²) in [6, 6.07) is 9.51. The predicted molar refractivity (Wildman–Crippen MR) is 71.7 cm³/mol. The molecule has 2 bridgehead atoms. The van der Waals surface area contributed by atoms with Crippen molar-refractivity contribution in [3.63, 3.8) is 0 Å². The summed E-state index contributed by atoms with van der Waals surface area (Å²) in [7, 11) is 0. The zero-order valence-electron chi connectivity index (χ0n) is 11.3. The first kappa shape index (κ1) is 13.4. The Kier molecular flexibility index (Phi) is 3.89. The SMILES string of the molecule is C[C@H]1[C@H](OCc2ccccc2)[C@@H](N=[N+]=[N-])C2OC[C@H]1O2. The van der Waals surface area contributed by atoms with Gasteiger partial charge in [-0.25, -0.2) is 0 Å². The molecule has 20 heavy (non-hydrogen) atoms. The number of fused-ring (bicyclic) bond motifs is 2. The fourth-order valence-corrected chi connectivity index (χ4v) is 2.77. The molecule has 2 aliphatic rings. The zero-order valence-corrected chi connectivity index (χ0v) is 11.3. The monoisotopic (exact) mass is 275 g/mol. The molecular weight excluding hydrogens is 258 g/mol. The summed E-state index contributed by atoms with van der Waals surface area (Å²) in [4.78, 5) is 2.90. The van der Waals surface area contributed by atoms with Gasteiger partial charge in [0.1, 0.15) is 6.04 Å². The van der Waals surface area contributed by atoms with Crippen LogP contribution in [0.25, 0.3) is 10.4 Å². The number of azide groups is 1. The number of rotatable bonds is 4. The Morgan fingerprint density at radius 3 is 2.95 bits per heavy atom. The van der Waals surface area contributed by atoms with Gasteiger partial charge >= 0.3 is 0 Å². The minimum absolute atomic E-state index is 0.0194.